The molecule has 0 bridgehead atoms. The average Bonchev–Trinajstić information content (AvgIpc) is 3.10. The van der Waals surface area contributed by atoms with Crippen molar-refractivity contribution in [2.45, 2.75) is 24.8 Å². The van der Waals surface area contributed by atoms with E-state index in [0.717, 1.165) is 17.9 Å². The maximum Gasteiger partial charge on any atom is 0.125 e. The Morgan fingerprint density at radius 1 is 1.19 bits per heavy atom. The highest BCUT2D eigenvalue weighted by Gasteiger charge is 2.42. The summed E-state index contributed by atoms with van der Waals surface area (Å²) in [5.74, 6) is 1.83. The zero-order valence-corrected chi connectivity index (χ0v) is 10.2. The van der Waals surface area contributed by atoms with E-state index < -0.39 is 0 Å². The van der Waals surface area contributed by atoms with E-state index in [1.807, 2.05) is 25.2 Å². The van der Waals surface area contributed by atoms with Gasteiger partial charge >= 0.3 is 0 Å². The van der Waals surface area contributed by atoms with Crippen LogP contribution in [-0.4, -0.2) is 26.8 Å². The summed E-state index contributed by atoms with van der Waals surface area (Å²) >= 11 is 0. The van der Waals surface area contributed by atoms with Gasteiger partial charge in [0, 0.05) is 11.1 Å². The van der Waals surface area contributed by atoms with Crippen LogP contribution >= 0.6 is 0 Å². The van der Waals surface area contributed by atoms with E-state index in [1.54, 1.807) is 14.2 Å². The summed E-state index contributed by atoms with van der Waals surface area (Å²) in [6.07, 6.45) is 3.42. The number of nitrogens with one attached hydrogen (secondary N) is 1. The summed E-state index contributed by atoms with van der Waals surface area (Å²) in [6.45, 7) is 0. The SMILES string of the molecule is CNC1(Cc2c(OC)cccc2OC)CC1. The lowest BCUT2D eigenvalue weighted by molar-refractivity contribution is 0.378. The van der Waals surface area contributed by atoms with Crippen molar-refractivity contribution < 1.29 is 9.47 Å². The Balaban J connectivity index is 2.29. The third-order valence-electron chi connectivity index (χ3n) is 3.43. The summed E-state index contributed by atoms with van der Waals surface area (Å²) in [5.41, 5.74) is 1.43. The number of benzene rings is 1. The lowest BCUT2D eigenvalue weighted by Gasteiger charge is -2.18. The van der Waals surface area contributed by atoms with Gasteiger partial charge in [0.05, 0.1) is 14.2 Å². The molecule has 16 heavy (non-hydrogen) atoms. The van der Waals surface area contributed by atoms with Crippen LogP contribution in [0.5, 0.6) is 11.5 Å². The summed E-state index contributed by atoms with van der Waals surface area (Å²) in [4.78, 5) is 0. The van der Waals surface area contributed by atoms with Gasteiger partial charge in [-0.1, -0.05) is 6.07 Å². The highest BCUT2D eigenvalue weighted by atomic mass is 16.5. The molecule has 2 rings (SSSR count). The molecule has 88 valence electrons. The summed E-state index contributed by atoms with van der Waals surface area (Å²) < 4.78 is 10.8. The van der Waals surface area contributed by atoms with Gasteiger partial charge in [-0.05, 0) is 38.4 Å². The molecule has 0 heterocycles. The molecule has 1 aromatic rings. The van der Waals surface area contributed by atoms with E-state index in [-0.39, 0.29) is 5.54 Å². The molecule has 3 nitrogen and oxygen atoms in total. The Labute approximate surface area is 96.8 Å². The fourth-order valence-electron chi connectivity index (χ4n) is 2.11. The largest absolute Gasteiger partial charge is 0.496 e. The lowest BCUT2D eigenvalue weighted by atomic mass is 10.0. The molecule has 1 aliphatic carbocycles. The number of likely N-dealkylation sites (N-methyl/N-ethyl adjacent to an activating group) is 1. The monoisotopic (exact) mass is 221 g/mol. The van der Waals surface area contributed by atoms with Crippen LogP contribution in [0.2, 0.25) is 0 Å². The second-order valence-corrected chi connectivity index (χ2v) is 4.35. The molecule has 0 atom stereocenters. The molecule has 1 fully saturated rings. The molecule has 1 N–H and O–H groups in total. The first-order valence-electron chi connectivity index (χ1n) is 5.63. The average molecular weight is 221 g/mol. The van der Waals surface area contributed by atoms with Gasteiger partial charge in [0.2, 0.25) is 0 Å². The van der Waals surface area contributed by atoms with Crippen LogP contribution in [-0.2, 0) is 6.42 Å². The van der Waals surface area contributed by atoms with Crippen LogP contribution in [0.1, 0.15) is 18.4 Å². The fraction of sp³-hybridized carbons (Fsp3) is 0.538. The number of rotatable bonds is 5. The molecule has 0 aromatic heterocycles. The highest BCUT2D eigenvalue weighted by molar-refractivity contribution is 5.46. The van der Waals surface area contributed by atoms with E-state index in [4.69, 9.17) is 9.47 Å². The molecule has 0 saturated heterocycles. The molecule has 1 saturated carbocycles. The molecular formula is C13H19NO2. The molecular weight excluding hydrogens is 202 g/mol. The van der Waals surface area contributed by atoms with E-state index in [0.29, 0.717) is 0 Å². The second-order valence-electron chi connectivity index (χ2n) is 4.35. The summed E-state index contributed by atoms with van der Waals surface area (Å²) in [7, 11) is 5.43. The molecule has 1 aliphatic rings. The Morgan fingerprint density at radius 2 is 1.75 bits per heavy atom. The van der Waals surface area contributed by atoms with Crippen LogP contribution < -0.4 is 14.8 Å². The van der Waals surface area contributed by atoms with E-state index in [1.165, 1.54) is 18.4 Å². The van der Waals surface area contributed by atoms with Crippen molar-refractivity contribution in [2.75, 3.05) is 21.3 Å². The van der Waals surface area contributed by atoms with Crippen LogP contribution in [0, 0.1) is 0 Å². The van der Waals surface area contributed by atoms with Crippen LogP contribution in [0.3, 0.4) is 0 Å². The Bertz CT molecular complexity index is 350. The third-order valence-corrected chi connectivity index (χ3v) is 3.43. The van der Waals surface area contributed by atoms with Crippen molar-refractivity contribution in [1.29, 1.82) is 0 Å². The number of hydrogen-bond acceptors (Lipinski definition) is 3. The Morgan fingerprint density at radius 3 is 2.12 bits per heavy atom. The minimum atomic E-state index is 0.266. The Kier molecular flexibility index (Phi) is 3.06. The quantitative estimate of drug-likeness (QED) is 0.825. The predicted molar refractivity (Wildman–Crippen MR) is 64.3 cm³/mol. The van der Waals surface area contributed by atoms with Crippen LogP contribution in [0.25, 0.3) is 0 Å². The van der Waals surface area contributed by atoms with Gasteiger partial charge in [0.15, 0.2) is 0 Å². The zero-order valence-electron chi connectivity index (χ0n) is 10.2. The standard InChI is InChI=1S/C13H19NO2/c1-14-13(7-8-13)9-10-11(15-2)5-4-6-12(10)16-3/h4-6,14H,7-9H2,1-3H3. The second kappa shape index (κ2) is 4.34. The number of ether oxygens (including phenoxy) is 2. The van der Waals surface area contributed by atoms with Crippen molar-refractivity contribution in [1.82, 2.24) is 5.32 Å². The van der Waals surface area contributed by atoms with E-state index in [9.17, 15) is 0 Å². The zero-order chi connectivity index (χ0) is 11.6. The van der Waals surface area contributed by atoms with Crippen molar-refractivity contribution in [3.8, 4) is 11.5 Å². The van der Waals surface area contributed by atoms with Crippen molar-refractivity contribution >= 4 is 0 Å². The van der Waals surface area contributed by atoms with Crippen LogP contribution in [0.4, 0.5) is 0 Å². The lowest BCUT2D eigenvalue weighted by Crippen LogP contribution is -2.29. The normalized spacial score (nSPS) is 16.9. The highest BCUT2D eigenvalue weighted by Crippen LogP contribution is 2.42. The van der Waals surface area contributed by atoms with Gasteiger partial charge in [-0.2, -0.15) is 0 Å². The maximum atomic E-state index is 5.40. The molecule has 0 aliphatic heterocycles. The summed E-state index contributed by atoms with van der Waals surface area (Å²) in [6, 6.07) is 5.94. The third kappa shape index (κ3) is 2.00. The first-order valence-corrected chi connectivity index (χ1v) is 5.63. The predicted octanol–water partition coefficient (Wildman–Crippen LogP) is 2.00. The topological polar surface area (TPSA) is 30.5 Å². The van der Waals surface area contributed by atoms with Crippen LogP contribution in [0.15, 0.2) is 18.2 Å². The molecule has 0 spiro atoms. The van der Waals surface area contributed by atoms with Crippen molar-refractivity contribution in [2.24, 2.45) is 0 Å². The minimum absolute atomic E-state index is 0.266. The van der Waals surface area contributed by atoms with Gasteiger partial charge in [-0.15, -0.1) is 0 Å². The van der Waals surface area contributed by atoms with E-state index in [2.05, 4.69) is 5.32 Å². The molecule has 3 heteroatoms. The smallest absolute Gasteiger partial charge is 0.125 e. The molecule has 1 aromatic carbocycles. The maximum absolute atomic E-state index is 5.40. The number of methoxy groups -OCH3 is 2. The fourth-order valence-corrected chi connectivity index (χ4v) is 2.11. The van der Waals surface area contributed by atoms with Gasteiger partial charge in [0.1, 0.15) is 11.5 Å². The first kappa shape index (κ1) is 11.3. The van der Waals surface area contributed by atoms with Gasteiger partial charge in [-0.3, -0.25) is 0 Å². The van der Waals surface area contributed by atoms with E-state index >= 15 is 0 Å². The Hall–Kier alpha value is -1.22. The minimum Gasteiger partial charge on any atom is -0.496 e. The van der Waals surface area contributed by atoms with Gasteiger partial charge in [0.25, 0.3) is 0 Å². The van der Waals surface area contributed by atoms with Gasteiger partial charge < -0.3 is 14.8 Å². The number of hydrogen-bond donors (Lipinski definition) is 1. The van der Waals surface area contributed by atoms with Gasteiger partial charge in [-0.25, -0.2) is 0 Å². The van der Waals surface area contributed by atoms with Crippen molar-refractivity contribution in [3.05, 3.63) is 23.8 Å². The molecule has 0 radical (unpaired) electrons. The summed E-state index contributed by atoms with van der Waals surface area (Å²) in [5, 5.41) is 3.39. The molecule has 0 amide bonds. The first-order chi connectivity index (χ1) is 7.74. The van der Waals surface area contributed by atoms with Crippen molar-refractivity contribution in [3.63, 3.8) is 0 Å². The molecule has 0 unspecified atom stereocenters.